The molecule has 0 radical (unpaired) electrons. The molecule has 1 aromatic carbocycles. The molecule has 0 saturated carbocycles. The number of nitrogens with one attached hydrogen (secondary N) is 3. The number of amides is 3. The van der Waals surface area contributed by atoms with E-state index < -0.39 is 24.7 Å². The number of rotatable bonds is 8. The molecule has 1 aromatic rings. The van der Waals surface area contributed by atoms with Crippen LogP contribution in [0.1, 0.15) is 5.56 Å². The number of imide groups is 1. The van der Waals surface area contributed by atoms with Crippen molar-refractivity contribution in [3.05, 3.63) is 42.5 Å². The molecule has 0 bridgehead atoms. The Morgan fingerprint density at radius 1 is 1.28 bits per heavy atom. The summed E-state index contributed by atoms with van der Waals surface area (Å²) in [4.78, 5) is 23.6. The summed E-state index contributed by atoms with van der Waals surface area (Å²) in [7, 11) is 1.73. The van der Waals surface area contributed by atoms with Crippen LogP contribution in [-0.4, -0.2) is 44.9 Å². The molecule has 0 aliphatic rings. The SMILES string of the molecule is C=CCOc1ccc(C[NH+](C)CC(=O)NC(=O)NCC(F)(F)F)cc1. The van der Waals surface area contributed by atoms with E-state index in [1.54, 1.807) is 30.6 Å². The third kappa shape index (κ3) is 9.36. The van der Waals surface area contributed by atoms with Gasteiger partial charge in [0, 0.05) is 5.56 Å². The average molecular weight is 360 g/mol. The van der Waals surface area contributed by atoms with Gasteiger partial charge < -0.3 is 15.0 Å². The number of hydrogen-bond acceptors (Lipinski definition) is 3. The second kappa shape index (κ2) is 9.67. The van der Waals surface area contributed by atoms with Gasteiger partial charge in [0.25, 0.3) is 5.91 Å². The Balaban J connectivity index is 2.37. The molecular formula is C16H21F3N3O3+. The Morgan fingerprint density at radius 3 is 2.48 bits per heavy atom. The highest BCUT2D eigenvalue weighted by Crippen LogP contribution is 2.12. The van der Waals surface area contributed by atoms with Gasteiger partial charge in [-0.15, -0.1) is 0 Å². The first-order valence-corrected chi connectivity index (χ1v) is 7.48. The molecule has 0 spiro atoms. The minimum atomic E-state index is -4.52. The Morgan fingerprint density at radius 2 is 1.92 bits per heavy atom. The van der Waals surface area contributed by atoms with Gasteiger partial charge in [-0.2, -0.15) is 13.2 Å². The van der Waals surface area contributed by atoms with Crippen molar-refractivity contribution in [3.63, 3.8) is 0 Å². The Labute approximate surface area is 143 Å². The molecule has 25 heavy (non-hydrogen) atoms. The van der Waals surface area contributed by atoms with Crippen LogP contribution in [0.4, 0.5) is 18.0 Å². The summed E-state index contributed by atoms with van der Waals surface area (Å²) in [5.41, 5.74) is 0.942. The van der Waals surface area contributed by atoms with Crippen LogP contribution >= 0.6 is 0 Å². The van der Waals surface area contributed by atoms with Gasteiger partial charge >= 0.3 is 12.2 Å². The minimum absolute atomic E-state index is 0.0614. The Bertz CT molecular complexity index is 589. The number of carbonyl (C=O) groups excluding carboxylic acids is 2. The van der Waals surface area contributed by atoms with Crippen LogP contribution in [-0.2, 0) is 11.3 Å². The summed E-state index contributed by atoms with van der Waals surface area (Å²) in [6.07, 6.45) is -2.89. The molecule has 9 heteroatoms. The van der Waals surface area contributed by atoms with Crippen LogP contribution in [0.2, 0.25) is 0 Å². The number of urea groups is 1. The standard InChI is InChI=1S/C16H20F3N3O3/c1-3-8-25-13-6-4-12(5-7-13)9-22(2)10-14(23)21-15(24)20-11-16(17,18)19/h3-7H,1,8-11H2,2H3,(H2,20,21,23,24)/p+1. The van der Waals surface area contributed by atoms with Crippen LogP contribution in [0.5, 0.6) is 5.75 Å². The average Bonchev–Trinajstić information content (AvgIpc) is 2.51. The fourth-order valence-corrected chi connectivity index (χ4v) is 1.94. The molecule has 1 rings (SSSR count). The summed E-state index contributed by atoms with van der Waals surface area (Å²) in [6.45, 7) is 2.90. The first-order chi connectivity index (χ1) is 11.7. The van der Waals surface area contributed by atoms with E-state index >= 15 is 0 Å². The van der Waals surface area contributed by atoms with Crippen molar-refractivity contribution in [1.82, 2.24) is 10.6 Å². The highest BCUT2D eigenvalue weighted by Gasteiger charge is 2.28. The molecular weight excluding hydrogens is 339 g/mol. The number of alkyl halides is 3. The Kier molecular flexibility index (Phi) is 7.93. The fourth-order valence-electron chi connectivity index (χ4n) is 1.94. The zero-order valence-corrected chi connectivity index (χ0v) is 13.8. The number of quaternary nitrogens is 1. The summed E-state index contributed by atoms with van der Waals surface area (Å²) < 4.78 is 41.2. The summed E-state index contributed by atoms with van der Waals surface area (Å²) in [5.74, 6) is 0.0310. The number of ether oxygens (including phenoxy) is 1. The maximum atomic E-state index is 12.0. The number of halogens is 3. The molecule has 0 saturated heterocycles. The maximum Gasteiger partial charge on any atom is 0.405 e. The fraction of sp³-hybridized carbons (Fsp3) is 0.375. The van der Waals surface area contributed by atoms with Crippen molar-refractivity contribution in [2.75, 3.05) is 26.7 Å². The molecule has 138 valence electrons. The molecule has 3 N–H and O–H groups in total. The van der Waals surface area contributed by atoms with Gasteiger partial charge in [0.05, 0.1) is 7.05 Å². The van der Waals surface area contributed by atoms with Gasteiger partial charge in [-0.05, 0) is 24.3 Å². The van der Waals surface area contributed by atoms with Crippen molar-refractivity contribution < 1.29 is 32.4 Å². The lowest BCUT2D eigenvalue weighted by atomic mass is 10.2. The molecule has 0 heterocycles. The predicted molar refractivity (Wildman–Crippen MR) is 85.2 cm³/mol. The van der Waals surface area contributed by atoms with E-state index in [0.717, 1.165) is 10.5 Å². The van der Waals surface area contributed by atoms with Crippen LogP contribution in [0, 0.1) is 0 Å². The van der Waals surface area contributed by atoms with Crippen molar-refractivity contribution in [3.8, 4) is 5.75 Å². The number of carbonyl (C=O) groups is 2. The van der Waals surface area contributed by atoms with E-state index in [4.69, 9.17) is 4.74 Å². The normalized spacial score (nSPS) is 12.2. The van der Waals surface area contributed by atoms with Crippen LogP contribution in [0.15, 0.2) is 36.9 Å². The zero-order chi connectivity index (χ0) is 18.9. The van der Waals surface area contributed by atoms with E-state index in [9.17, 15) is 22.8 Å². The molecule has 1 atom stereocenters. The molecule has 6 nitrogen and oxygen atoms in total. The zero-order valence-electron chi connectivity index (χ0n) is 13.8. The van der Waals surface area contributed by atoms with Gasteiger partial charge in [-0.1, -0.05) is 12.7 Å². The minimum Gasteiger partial charge on any atom is -0.490 e. The second-order valence-corrected chi connectivity index (χ2v) is 5.40. The van der Waals surface area contributed by atoms with Crippen molar-refractivity contribution in [2.24, 2.45) is 0 Å². The van der Waals surface area contributed by atoms with E-state index in [1.165, 1.54) is 0 Å². The number of benzene rings is 1. The van der Waals surface area contributed by atoms with Crippen molar-refractivity contribution in [1.29, 1.82) is 0 Å². The predicted octanol–water partition coefficient (Wildman–Crippen LogP) is 0.654. The van der Waals surface area contributed by atoms with Crippen molar-refractivity contribution >= 4 is 11.9 Å². The topological polar surface area (TPSA) is 71.9 Å². The quantitative estimate of drug-likeness (QED) is 0.597. The third-order valence-corrected chi connectivity index (χ3v) is 2.96. The van der Waals surface area contributed by atoms with Crippen LogP contribution in [0.3, 0.4) is 0 Å². The van der Waals surface area contributed by atoms with Gasteiger partial charge in [-0.25, -0.2) is 4.79 Å². The largest absolute Gasteiger partial charge is 0.490 e. The molecule has 1 unspecified atom stereocenters. The van der Waals surface area contributed by atoms with E-state index in [1.807, 2.05) is 17.4 Å². The second-order valence-electron chi connectivity index (χ2n) is 5.40. The van der Waals surface area contributed by atoms with Crippen LogP contribution in [0.25, 0.3) is 0 Å². The van der Waals surface area contributed by atoms with Gasteiger partial charge in [0.15, 0.2) is 6.54 Å². The van der Waals surface area contributed by atoms with E-state index in [0.29, 0.717) is 18.9 Å². The first kappa shape index (κ1) is 20.5. The highest BCUT2D eigenvalue weighted by atomic mass is 19.4. The third-order valence-electron chi connectivity index (χ3n) is 2.96. The van der Waals surface area contributed by atoms with E-state index in [-0.39, 0.29) is 6.54 Å². The molecule has 0 aliphatic heterocycles. The molecule has 0 aliphatic carbocycles. The summed E-state index contributed by atoms with van der Waals surface area (Å²) in [6, 6.07) is 6.10. The van der Waals surface area contributed by atoms with E-state index in [2.05, 4.69) is 6.58 Å². The summed E-state index contributed by atoms with van der Waals surface area (Å²) in [5, 5.41) is 3.44. The smallest absolute Gasteiger partial charge is 0.405 e. The highest BCUT2D eigenvalue weighted by molar-refractivity contribution is 5.94. The maximum absolute atomic E-state index is 12.0. The van der Waals surface area contributed by atoms with Gasteiger partial charge in [0.2, 0.25) is 0 Å². The number of hydrogen-bond donors (Lipinski definition) is 3. The lowest BCUT2D eigenvalue weighted by Gasteiger charge is -2.14. The first-order valence-electron chi connectivity index (χ1n) is 7.48. The monoisotopic (exact) mass is 360 g/mol. The van der Waals surface area contributed by atoms with Gasteiger partial charge in [-0.3, -0.25) is 10.1 Å². The lowest BCUT2D eigenvalue weighted by molar-refractivity contribution is -0.885. The van der Waals surface area contributed by atoms with Crippen LogP contribution < -0.4 is 20.3 Å². The summed E-state index contributed by atoms with van der Waals surface area (Å²) >= 11 is 0. The van der Waals surface area contributed by atoms with Crippen molar-refractivity contribution in [2.45, 2.75) is 12.7 Å². The Hall–Kier alpha value is -2.55. The lowest BCUT2D eigenvalue weighted by Crippen LogP contribution is -3.09. The van der Waals surface area contributed by atoms with Gasteiger partial charge in [0.1, 0.15) is 25.4 Å². The molecule has 0 aromatic heterocycles. The molecule has 3 amide bonds. The number of likely N-dealkylation sites (N-methyl/N-ethyl adjacent to an activating group) is 1. The molecule has 0 fully saturated rings.